The number of carboxylic acids is 1. The summed E-state index contributed by atoms with van der Waals surface area (Å²) < 4.78 is 0.725. The first kappa shape index (κ1) is 14.3. The number of rotatable bonds is 2. The van der Waals surface area contributed by atoms with Gasteiger partial charge in [-0.1, -0.05) is 11.6 Å². The van der Waals surface area contributed by atoms with Gasteiger partial charge in [-0.05, 0) is 47.5 Å². The summed E-state index contributed by atoms with van der Waals surface area (Å²) in [6.45, 7) is 2.35. The van der Waals surface area contributed by atoms with Crippen molar-refractivity contribution in [2.45, 2.75) is 13.3 Å². The van der Waals surface area contributed by atoms with Crippen molar-refractivity contribution in [3.05, 3.63) is 33.3 Å². The highest BCUT2D eigenvalue weighted by Gasteiger charge is 2.42. The first-order valence-electron chi connectivity index (χ1n) is 5.81. The third kappa shape index (κ3) is 2.77. The summed E-state index contributed by atoms with van der Waals surface area (Å²) in [5.74, 6) is -1.05. The molecule has 1 aromatic carbocycles. The minimum atomic E-state index is -0.864. The van der Waals surface area contributed by atoms with E-state index in [1.54, 1.807) is 30.0 Å². The minimum Gasteiger partial charge on any atom is -0.481 e. The number of hydrogen-bond donors (Lipinski definition) is 1. The maximum atomic E-state index is 12.3. The first-order chi connectivity index (χ1) is 8.83. The second-order valence-corrected chi connectivity index (χ2v) is 6.23. The van der Waals surface area contributed by atoms with Crippen molar-refractivity contribution < 1.29 is 14.7 Å². The van der Waals surface area contributed by atoms with Crippen LogP contribution in [0.1, 0.15) is 23.7 Å². The lowest BCUT2D eigenvalue weighted by Gasteiger charge is -2.20. The average Bonchev–Trinajstić information content (AvgIpc) is 2.76. The van der Waals surface area contributed by atoms with E-state index in [9.17, 15) is 9.59 Å². The molecule has 1 saturated heterocycles. The van der Waals surface area contributed by atoms with Gasteiger partial charge in [-0.2, -0.15) is 0 Å². The number of hydrogen-bond acceptors (Lipinski definition) is 2. The SMILES string of the molecule is CC1(C(=O)O)CCN(C(=O)c2ccc(Br)c(Cl)c2)C1. The quantitative estimate of drug-likeness (QED) is 0.895. The molecule has 102 valence electrons. The number of amides is 1. The van der Waals surface area contributed by atoms with Gasteiger partial charge < -0.3 is 10.0 Å². The fraction of sp³-hybridized carbons (Fsp3) is 0.385. The van der Waals surface area contributed by atoms with E-state index in [1.807, 2.05) is 0 Å². The number of aliphatic carboxylic acids is 1. The number of carboxylic acid groups (broad SMARTS) is 1. The number of carbonyl (C=O) groups is 2. The monoisotopic (exact) mass is 345 g/mol. The number of halogens is 2. The molecule has 0 spiro atoms. The van der Waals surface area contributed by atoms with E-state index in [0.29, 0.717) is 23.6 Å². The molecule has 1 unspecified atom stereocenters. The van der Waals surface area contributed by atoms with Gasteiger partial charge in [0.2, 0.25) is 0 Å². The van der Waals surface area contributed by atoms with E-state index >= 15 is 0 Å². The zero-order valence-corrected chi connectivity index (χ0v) is 12.7. The van der Waals surface area contributed by atoms with E-state index in [4.69, 9.17) is 16.7 Å². The molecule has 1 heterocycles. The summed E-state index contributed by atoms with van der Waals surface area (Å²) in [5, 5.41) is 9.62. The van der Waals surface area contributed by atoms with Gasteiger partial charge in [0, 0.05) is 23.1 Å². The van der Waals surface area contributed by atoms with Crippen LogP contribution in [0.5, 0.6) is 0 Å². The predicted molar refractivity (Wildman–Crippen MR) is 75.4 cm³/mol. The highest BCUT2D eigenvalue weighted by atomic mass is 79.9. The summed E-state index contributed by atoms with van der Waals surface area (Å²) in [4.78, 5) is 25.0. The fourth-order valence-corrected chi connectivity index (χ4v) is 2.55. The van der Waals surface area contributed by atoms with Gasteiger partial charge in [0.05, 0.1) is 10.4 Å². The Balaban J connectivity index is 2.18. The first-order valence-corrected chi connectivity index (χ1v) is 6.98. The Morgan fingerprint density at radius 3 is 2.68 bits per heavy atom. The molecule has 1 fully saturated rings. The molecule has 1 aromatic rings. The van der Waals surface area contributed by atoms with Crippen LogP contribution in [-0.2, 0) is 4.79 Å². The molecule has 1 aliphatic heterocycles. The van der Waals surface area contributed by atoms with Gasteiger partial charge in [-0.15, -0.1) is 0 Å². The van der Waals surface area contributed by atoms with Gasteiger partial charge in [-0.3, -0.25) is 9.59 Å². The summed E-state index contributed by atoms with van der Waals surface area (Å²) >= 11 is 9.22. The van der Waals surface area contributed by atoms with Gasteiger partial charge in [0.1, 0.15) is 0 Å². The highest BCUT2D eigenvalue weighted by molar-refractivity contribution is 9.10. The van der Waals surface area contributed by atoms with Crippen LogP contribution in [0.15, 0.2) is 22.7 Å². The lowest BCUT2D eigenvalue weighted by molar-refractivity contribution is -0.147. The van der Waals surface area contributed by atoms with Crippen molar-refractivity contribution in [1.82, 2.24) is 4.90 Å². The van der Waals surface area contributed by atoms with Crippen molar-refractivity contribution in [3.8, 4) is 0 Å². The predicted octanol–water partition coefficient (Wildman–Crippen LogP) is 3.04. The molecule has 0 saturated carbocycles. The van der Waals surface area contributed by atoms with Gasteiger partial charge in [0.25, 0.3) is 5.91 Å². The zero-order chi connectivity index (χ0) is 14.2. The third-order valence-electron chi connectivity index (χ3n) is 3.44. The van der Waals surface area contributed by atoms with Crippen molar-refractivity contribution in [2.24, 2.45) is 5.41 Å². The van der Waals surface area contributed by atoms with Crippen LogP contribution in [0.2, 0.25) is 5.02 Å². The second kappa shape index (κ2) is 5.13. The van der Waals surface area contributed by atoms with Gasteiger partial charge in [0.15, 0.2) is 0 Å². The van der Waals surface area contributed by atoms with Crippen molar-refractivity contribution >= 4 is 39.4 Å². The maximum Gasteiger partial charge on any atom is 0.311 e. The molecule has 1 aliphatic rings. The number of nitrogens with zero attached hydrogens (tertiary/aromatic N) is 1. The summed E-state index contributed by atoms with van der Waals surface area (Å²) in [5.41, 5.74) is -0.378. The van der Waals surface area contributed by atoms with E-state index in [0.717, 1.165) is 4.47 Å². The van der Waals surface area contributed by atoms with Gasteiger partial charge >= 0.3 is 5.97 Å². The molecule has 6 heteroatoms. The van der Waals surface area contributed by atoms with Crippen LogP contribution in [0.4, 0.5) is 0 Å². The van der Waals surface area contributed by atoms with Crippen LogP contribution >= 0.6 is 27.5 Å². The Bertz CT molecular complexity index is 549. The molecular formula is C13H13BrClNO3. The Kier molecular flexibility index (Phi) is 3.87. The Morgan fingerprint density at radius 2 is 2.16 bits per heavy atom. The maximum absolute atomic E-state index is 12.3. The standard InChI is InChI=1S/C13H13BrClNO3/c1-13(12(18)19)4-5-16(7-13)11(17)8-2-3-9(14)10(15)6-8/h2-3,6H,4-5,7H2,1H3,(H,18,19). The van der Waals surface area contributed by atoms with E-state index in [1.165, 1.54) is 0 Å². The van der Waals surface area contributed by atoms with E-state index in [-0.39, 0.29) is 12.5 Å². The molecule has 1 amide bonds. The lowest BCUT2D eigenvalue weighted by atomic mass is 9.90. The molecule has 4 nitrogen and oxygen atoms in total. The number of likely N-dealkylation sites (tertiary alicyclic amines) is 1. The lowest BCUT2D eigenvalue weighted by Crippen LogP contribution is -2.34. The Hall–Kier alpha value is -1.07. The largest absolute Gasteiger partial charge is 0.481 e. The van der Waals surface area contributed by atoms with Crippen molar-refractivity contribution in [1.29, 1.82) is 0 Å². The van der Waals surface area contributed by atoms with Crippen molar-refractivity contribution in [3.63, 3.8) is 0 Å². The topological polar surface area (TPSA) is 57.6 Å². The van der Waals surface area contributed by atoms with Crippen LogP contribution in [0, 0.1) is 5.41 Å². The summed E-state index contributed by atoms with van der Waals surface area (Å²) in [6, 6.07) is 4.97. The molecule has 19 heavy (non-hydrogen) atoms. The second-order valence-electron chi connectivity index (χ2n) is 4.97. The zero-order valence-electron chi connectivity index (χ0n) is 10.3. The fourth-order valence-electron chi connectivity index (χ4n) is 2.12. The van der Waals surface area contributed by atoms with Crippen LogP contribution in [-0.4, -0.2) is 35.0 Å². The normalized spacial score (nSPS) is 22.6. The molecule has 0 bridgehead atoms. The molecule has 1 atom stereocenters. The average molecular weight is 347 g/mol. The smallest absolute Gasteiger partial charge is 0.311 e. The van der Waals surface area contributed by atoms with Crippen LogP contribution in [0.25, 0.3) is 0 Å². The third-order valence-corrected chi connectivity index (χ3v) is 4.68. The molecule has 0 aliphatic carbocycles. The minimum absolute atomic E-state index is 0.181. The van der Waals surface area contributed by atoms with Crippen molar-refractivity contribution in [2.75, 3.05) is 13.1 Å². The number of benzene rings is 1. The molecule has 0 radical (unpaired) electrons. The Morgan fingerprint density at radius 1 is 1.47 bits per heavy atom. The van der Waals surface area contributed by atoms with Crippen LogP contribution < -0.4 is 0 Å². The summed E-state index contributed by atoms with van der Waals surface area (Å²) in [7, 11) is 0. The van der Waals surface area contributed by atoms with E-state index < -0.39 is 11.4 Å². The molecule has 2 rings (SSSR count). The van der Waals surface area contributed by atoms with Crippen LogP contribution in [0.3, 0.4) is 0 Å². The highest BCUT2D eigenvalue weighted by Crippen LogP contribution is 2.31. The summed E-state index contributed by atoms with van der Waals surface area (Å²) in [6.07, 6.45) is 0.471. The van der Waals surface area contributed by atoms with E-state index in [2.05, 4.69) is 15.9 Å². The molecular weight excluding hydrogens is 334 g/mol. The molecule has 0 aromatic heterocycles. The number of carbonyl (C=O) groups excluding carboxylic acids is 1. The molecule has 1 N–H and O–H groups in total. The van der Waals surface area contributed by atoms with Gasteiger partial charge in [-0.25, -0.2) is 0 Å². The Labute approximate surface area is 124 Å².